The monoisotopic (exact) mass is 449 g/mol. The van der Waals surface area contributed by atoms with E-state index >= 15 is 0 Å². The predicted molar refractivity (Wildman–Crippen MR) is 122 cm³/mol. The zero-order valence-corrected chi connectivity index (χ0v) is 18.9. The molecule has 172 valence electrons. The summed E-state index contributed by atoms with van der Waals surface area (Å²) in [5.74, 6) is 0.608. The Morgan fingerprint density at radius 1 is 1.09 bits per heavy atom. The molecule has 1 aliphatic heterocycles. The lowest BCUT2D eigenvalue weighted by atomic mass is 9.83. The van der Waals surface area contributed by atoms with Gasteiger partial charge in [0.1, 0.15) is 11.4 Å². The van der Waals surface area contributed by atoms with Gasteiger partial charge in [-0.1, -0.05) is 30.3 Å². The molecule has 2 aliphatic rings. The summed E-state index contributed by atoms with van der Waals surface area (Å²) in [4.78, 5) is 10.9. The molecule has 33 heavy (non-hydrogen) atoms. The smallest absolute Gasteiger partial charge is 0.319 e. The lowest BCUT2D eigenvalue weighted by molar-refractivity contribution is -0.00972. The third-order valence-corrected chi connectivity index (χ3v) is 7.09. The van der Waals surface area contributed by atoms with Crippen LogP contribution < -0.4 is 9.47 Å². The van der Waals surface area contributed by atoms with Crippen LogP contribution in [0, 0.1) is 17.7 Å². The third-order valence-electron chi connectivity index (χ3n) is 7.09. The van der Waals surface area contributed by atoms with E-state index in [9.17, 15) is 9.50 Å². The molecule has 0 bridgehead atoms. The van der Waals surface area contributed by atoms with Gasteiger partial charge < -0.3 is 14.6 Å². The van der Waals surface area contributed by atoms with Crippen LogP contribution in [0.25, 0.3) is 11.1 Å². The number of rotatable bonds is 6. The SMILES string of the molecule is COc1ncc([C@]2(O)CC[C@H]3CN(Cc4cccc(-c5cccc(F)c5)c4)C[C@H]32)c(OC)n1. The zero-order valence-electron chi connectivity index (χ0n) is 18.9. The number of aromatic nitrogens is 2. The average Bonchev–Trinajstić information content (AvgIpc) is 3.38. The molecular formula is C26H28FN3O3. The molecule has 3 atom stereocenters. The molecule has 1 N–H and O–H groups in total. The maximum absolute atomic E-state index is 13.7. The maximum Gasteiger partial charge on any atom is 0.319 e. The molecule has 1 saturated carbocycles. The molecule has 1 aromatic heterocycles. The fraction of sp³-hybridized carbons (Fsp3) is 0.385. The first-order chi connectivity index (χ1) is 16.0. The summed E-state index contributed by atoms with van der Waals surface area (Å²) >= 11 is 0. The Balaban J connectivity index is 1.34. The van der Waals surface area contributed by atoms with Crippen LogP contribution in [0.4, 0.5) is 4.39 Å². The molecule has 0 amide bonds. The van der Waals surface area contributed by atoms with E-state index in [-0.39, 0.29) is 17.7 Å². The van der Waals surface area contributed by atoms with Crippen LogP contribution in [-0.2, 0) is 12.1 Å². The maximum atomic E-state index is 13.7. The number of fused-ring (bicyclic) bond motifs is 1. The Labute approximate surface area is 193 Å². The van der Waals surface area contributed by atoms with Gasteiger partial charge in [-0.3, -0.25) is 4.90 Å². The third kappa shape index (κ3) is 4.07. The van der Waals surface area contributed by atoms with E-state index in [1.807, 2.05) is 18.2 Å². The first-order valence-corrected chi connectivity index (χ1v) is 11.3. The van der Waals surface area contributed by atoms with E-state index in [1.165, 1.54) is 18.7 Å². The molecule has 2 heterocycles. The molecule has 3 aromatic rings. The van der Waals surface area contributed by atoms with Crippen LogP contribution in [0.5, 0.6) is 11.9 Å². The van der Waals surface area contributed by atoms with Crippen molar-refractivity contribution in [1.29, 1.82) is 0 Å². The van der Waals surface area contributed by atoms with Gasteiger partial charge in [-0.2, -0.15) is 4.98 Å². The molecule has 5 rings (SSSR count). The van der Waals surface area contributed by atoms with Crippen molar-refractivity contribution in [3.05, 3.63) is 71.7 Å². The highest BCUT2D eigenvalue weighted by Gasteiger charge is 2.53. The van der Waals surface area contributed by atoms with E-state index < -0.39 is 5.60 Å². The van der Waals surface area contributed by atoms with E-state index in [4.69, 9.17) is 9.47 Å². The van der Waals surface area contributed by atoms with Gasteiger partial charge in [-0.15, -0.1) is 0 Å². The summed E-state index contributed by atoms with van der Waals surface area (Å²) in [5.41, 5.74) is 2.65. The molecule has 2 aromatic carbocycles. The molecular weight excluding hydrogens is 421 g/mol. The van der Waals surface area contributed by atoms with Gasteiger partial charge in [0, 0.05) is 31.7 Å². The number of nitrogens with zero attached hydrogens (tertiary/aromatic N) is 3. The largest absolute Gasteiger partial charge is 0.481 e. The average molecular weight is 450 g/mol. The van der Waals surface area contributed by atoms with Crippen LogP contribution in [0.3, 0.4) is 0 Å². The lowest BCUT2D eigenvalue weighted by Gasteiger charge is -2.31. The first-order valence-electron chi connectivity index (χ1n) is 11.3. The Morgan fingerprint density at radius 2 is 1.88 bits per heavy atom. The fourth-order valence-corrected chi connectivity index (χ4v) is 5.53. The van der Waals surface area contributed by atoms with Crippen LogP contribution >= 0.6 is 0 Å². The number of benzene rings is 2. The highest BCUT2D eigenvalue weighted by atomic mass is 19.1. The van der Waals surface area contributed by atoms with Crippen molar-refractivity contribution in [3.8, 4) is 23.0 Å². The Morgan fingerprint density at radius 3 is 2.64 bits per heavy atom. The van der Waals surface area contributed by atoms with Gasteiger partial charge in [0.05, 0.1) is 19.8 Å². The predicted octanol–water partition coefficient (Wildman–Crippen LogP) is 4.03. The highest BCUT2D eigenvalue weighted by Crippen LogP contribution is 2.52. The summed E-state index contributed by atoms with van der Waals surface area (Å²) in [6.07, 6.45) is 3.24. The van der Waals surface area contributed by atoms with Gasteiger partial charge in [0.2, 0.25) is 5.88 Å². The molecule has 6 nitrogen and oxygen atoms in total. The van der Waals surface area contributed by atoms with Crippen molar-refractivity contribution in [2.45, 2.75) is 25.0 Å². The van der Waals surface area contributed by atoms with Crippen molar-refractivity contribution >= 4 is 0 Å². The molecule has 1 aliphatic carbocycles. The van der Waals surface area contributed by atoms with Crippen LogP contribution in [0.2, 0.25) is 0 Å². The summed E-state index contributed by atoms with van der Waals surface area (Å²) in [5, 5.41) is 11.7. The van der Waals surface area contributed by atoms with Crippen molar-refractivity contribution in [3.63, 3.8) is 0 Å². The molecule has 0 spiro atoms. The van der Waals surface area contributed by atoms with E-state index in [0.717, 1.165) is 37.2 Å². The van der Waals surface area contributed by atoms with E-state index in [0.29, 0.717) is 23.8 Å². The molecule has 2 fully saturated rings. The fourth-order valence-electron chi connectivity index (χ4n) is 5.53. The number of halogens is 1. The van der Waals surface area contributed by atoms with Gasteiger partial charge in [-0.05, 0) is 53.6 Å². The summed E-state index contributed by atoms with van der Waals surface area (Å²) < 4.78 is 24.2. The van der Waals surface area contributed by atoms with Crippen LogP contribution in [-0.4, -0.2) is 47.3 Å². The van der Waals surface area contributed by atoms with Gasteiger partial charge in [-0.25, -0.2) is 9.37 Å². The minimum atomic E-state index is -1.03. The van der Waals surface area contributed by atoms with Gasteiger partial charge in [0.15, 0.2) is 0 Å². The van der Waals surface area contributed by atoms with Crippen molar-refractivity contribution in [1.82, 2.24) is 14.9 Å². The van der Waals surface area contributed by atoms with Gasteiger partial charge in [0.25, 0.3) is 0 Å². The second kappa shape index (κ2) is 8.72. The topological polar surface area (TPSA) is 67.7 Å². The Kier molecular flexibility index (Phi) is 5.76. The quantitative estimate of drug-likeness (QED) is 0.613. The number of aliphatic hydroxyl groups is 1. The van der Waals surface area contributed by atoms with Crippen molar-refractivity contribution < 1.29 is 19.0 Å². The lowest BCUT2D eigenvalue weighted by Crippen LogP contribution is -2.35. The molecule has 0 radical (unpaired) electrons. The number of ether oxygens (including phenoxy) is 2. The normalized spacial score (nSPS) is 24.6. The van der Waals surface area contributed by atoms with Crippen LogP contribution in [0.1, 0.15) is 24.0 Å². The minimum absolute atomic E-state index is 0.0785. The Hall–Kier alpha value is -3.03. The molecule has 7 heteroatoms. The molecule has 1 saturated heterocycles. The molecule has 0 unspecified atom stereocenters. The van der Waals surface area contributed by atoms with Crippen LogP contribution in [0.15, 0.2) is 54.7 Å². The second-order valence-corrected chi connectivity index (χ2v) is 9.01. The number of methoxy groups -OCH3 is 2. The van der Waals surface area contributed by atoms with Crippen molar-refractivity contribution in [2.24, 2.45) is 11.8 Å². The second-order valence-electron chi connectivity index (χ2n) is 9.01. The van der Waals surface area contributed by atoms with E-state index in [2.05, 4.69) is 27.0 Å². The summed E-state index contributed by atoms with van der Waals surface area (Å²) in [6.45, 7) is 2.49. The number of hydrogen-bond donors (Lipinski definition) is 1. The van der Waals surface area contributed by atoms with E-state index in [1.54, 1.807) is 25.4 Å². The first kappa shape index (κ1) is 21.8. The number of hydrogen-bond acceptors (Lipinski definition) is 6. The van der Waals surface area contributed by atoms with Crippen molar-refractivity contribution in [2.75, 3.05) is 27.3 Å². The standard InChI is InChI=1S/C26H28FN3O3/c1-32-24-22(13-28-25(29-24)33-2)26(31)10-9-20-15-30(16-23(20)26)14-17-5-3-6-18(11-17)19-7-4-8-21(27)12-19/h3-8,11-13,20,23,31H,9-10,14-16H2,1-2H3/t20-,23+,26+/m0/s1. The van der Waals surface area contributed by atoms with Gasteiger partial charge >= 0.3 is 6.01 Å². The zero-order chi connectivity index (χ0) is 23.0. The Bertz CT molecular complexity index is 1160. The summed E-state index contributed by atoms with van der Waals surface area (Å²) in [7, 11) is 3.06. The summed E-state index contributed by atoms with van der Waals surface area (Å²) in [6, 6.07) is 15.1. The highest BCUT2D eigenvalue weighted by molar-refractivity contribution is 5.64. The minimum Gasteiger partial charge on any atom is -0.481 e. The number of likely N-dealkylation sites (tertiary alicyclic amines) is 1.